The quantitative estimate of drug-likeness (QED) is 0.682. The van der Waals surface area contributed by atoms with Gasteiger partial charge in [0, 0.05) is 30.5 Å². The predicted octanol–water partition coefficient (Wildman–Crippen LogP) is 4.63. The summed E-state index contributed by atoms with van der Waals surface area (Å²) in [5.41, 5.74) is 4.45. The highest BCUT2D eigenvalue weighted by molar-refractivity contribution is 5.66. The molecule has 0 spiro atoms. The molecule has 2 unspecified atom stereocenters. The number of aromatic nitrogens is 3. The molecule has 0 amide bonds. The fraction of sp³-hybridized carbons (Fsp3) is 0.478. The number of aliphatic hydroxyl groups is 1. The number of rotatable bonds is 5. The van der Waals surface area contributed by atoms with Crippen molar-refractivity contribution in [1.29, 1.82) is 0 Å². The third-order valence-electron chi connectivity index (χ3n) is 6.52. The maximum Gasteiger partial charge on any atom is 0.157 e. The average Bonchev–Trinajstić information content (AvgIpc) is 3.48. The standard InChI is InChI=1S/C23H28N4O/c28-15-16-8-9-20(12-16)25-22-10-11-24-23-14-21(26-27(22)23)19-7-3-6-18(13-19)17-4-1-2-5-17/h3,6-7,10-11,13-14,16-17,20,25,28H,1-2,4-5,8-9,12,15H2. The topological polar surface area (TPSA) is 62.5 Å². The molecule has 5 rings (SSSR count). The number of nitrogens with zero attached hydrogens (tertiary/aromatic N) is 3. The van der Waals surface area contributed by atoms with Crippen molar-refractivity contribution in [2.75, 3.05) is 11.9 Å². The molecule has 1 aromatic carbocycles. The molecular weight excluding hydrogens is 348 g/mol. The predicted molar refractivity (Wildman–Crippen MR) is 111 cm³/mol. The lowest BCUT2D eigenvalue weighted by atomic mass is 9.95. The Morgan fingerprint density at radius 2 is 1.96 bits per heavy atom. The smallest absolute Gasteiger partial charge is 0.157 e. The summed E-state index contributed by atoms with van der Waals surface area (Å²) in [5, 5.41) is 17.9. The van der Waals surface area contributed by atoms with Crippen LogP contribution in [0.3, 0.4) is 0 Å². The molecule has 2 heterocycles. The second-order valence-corrected chi connectivity index (χ2v) is 8.44. The molecule has 0 aliphatic heterocycles. The molecule has 2 aliphatic rings. The first kappa shape index (κ1) is 17.7. The molecule has 3 aromatic rings. The lowest BCUT2D eigenvalue weighted by Crippen LogP contribution is -2.18. The second-order valence-electron chi connectivity index (χ2n) is 8.44. The molecular formula is C23H28N4O. The summed E-state index contributed by atoms with van der Waals surface area (Å²) >= 11 is 0. The number of hydrogen-bond donors (Lipinski definition) is 2. The van der Waals surface area contributed by atoms with Crippen LogP contribution < -0.4 is 5.32 Å². The highest BCUT2D eigenvalue weighted by Gasteiger charge is 2.24. The number of fused-ring (bicyclic) bond motifs is 1. The van der Waals surface area contributed by atoms with Gasteiger partial charge in [0.25, 0.3) is 0 Å². The molecule has 5 heteroatoms. The van der Waals surface area contributed by atoms with Crippen LogP contribution in [0, 0.1) is 5.92 Å². The Balaban J connectivity index is 1.43. The van der Waals surface area contributed by atoms with E-state index in [4.69, 9.17) is 5.10 Å². The average molecular weight is 377 g/mol. The first-order valence-electron chi connectivity index (χ1n) is 10.6. The van der Waals surface area contributed by atoms with Crippen molar-refractivity contribution in [3.63, 3.8) is 0 Å². The van der Waals surface area contributed by atoms with Gasteiger partial charge in [0.05, 0.1) is 5.69 Å². The van der Waals surface area contributed by atoms with Crippen LogP contribution in [-0.4, -0.2) is 32.4 Å². The Morgan fingerprint density at radius 3 is 2.79 bits per heavy atom. The lowest BCUT2D eigenvalue weighted by Gasteiger charge is -2.14. The largest absolute Gasteiger partial charge is 0.396 e. The third kappa shape index (κ3) is 3.39. The van der Waals surface area contributed by atoms with E-state index in [9.17, 15) is 5.11 Å². The Labute approximate surface area is 165 Å². The molecule has 2 N–H and O–H groups in total. The Kier molecular flexibility index (Phi) is 4.77. The van der Waals surface area contributed by atoms with Crippen molar-refractivity contribution in [2.24, 2.45) is 5.92 Å². The summed E-state index contributed by atoms with van der Waals surface area (Å²) in [6.07, 6.45) is 10.3. The number of aliphatic hydroxyl groups excluding tert-OH is 1. The van der Waals surface area contributed by atoms with Gasteiger partial charge in [-0.25, -0.2) is 4.98 Å². The van der Waals surface area contributed by atoms with Gasteiger partial charge in [-0.3, -0.25) is 0 Å². The molecule has 28 heavy (non-hydrogen) atoms. The molecule has 0 radical (unpaired) electrons. The van der Waals surface area contributed by atoms with E-state index >= 15 is 0 Å². The van der Waals surface area contributed by atoms with Gasteiger partial charge in [-0.2, -0.15) is 9.61 Å². The van der Waals surface area contributed by atoms with Crippen LogP contribution in [0.25, 0.3) is 16.9 Å². The summed E-state index contributed by atoms with van der Waals surface area (Å²) in [6.45, 7) is 0.285. The van der Waals surface area contributed by atoms with Gasteiger partial charge in [0.2, 0.25) is 0 Å². The van der Waals surface area contributed by atoms with Crippen LogP contribution in [0.2, 0.25) is 0 Å². The van der Waals surface area contributed by atoms with Gasteiger partial charge in [0.15, 0.2) is 5.65 Å². The van der Waals surface area contributed by atoms with Crippen molar-refractivity contribution in [3.8, 4) is 11.3 Å². The van der Waals surface area contributed by atoms with Crippen molar-refractivity contribution < 1.29 is 5.11 Å². The van der Waals surface area contributed by atoms with E-state index < -0.39 is 0 Å². The van der Waals surface area contributed by atoms with Crippen LogP contribution in [0.4, 0.5) is 5.82 Å². The molecule has 2 atom stereocenters. The SMILES string of the molecule is OCC1CCC(Nc2ccnc3cc(-c4cccc(C5CCCC5)c4)nn23)C1. The van der Waals surface area contributed by atoms with E-state index in [0.717, 1.165) is 36.4 Å². The highest BCUT2D eigenvalue weighted by Crippen LogP contribution is 2.35. The zero-order chi connectivity index (χ0) is 18.9. The first-order valence-corrected chi connectivity index (χ1v) is 10.6. The number of benzene rings is 1. The molecule has 0 saturated heterocycles. The van der Waals surface area contributed by atoms with Crippen LogP contribution in [0.1, 0.15) is 56.4 Å². The summed E-state index contributed by atoms with van der Waals surface area (Å²) in [7, 11) is 0. The van der Waals surface area contributed by atoms with Crippen LogP contribution in [0.5, 0.6) is 0 Å². The lowest BCUT2D eigenvalue weighted by molar-refractivity contribution is 0.229. The van der Waals surface area contributed by atoms with Crippen LogP contribution in [0.15, 0.2) is 42.6 Å². The summed E-state index contributed by atoms with van der Waals surface area (Å²) in [6, 6.07) is 13.3. The van der Waals surface area contributed by atoms with Gasteiger partial charge < -0.3 is 10.4 Å². The van der Waals surface area contributed by atoms with E-state index in [1.54, 1.807) is 0 Å². The van der Waals surface area contributed by atoms with Crippen molar-refractivity contribution in [2.45, 2.75) is 56.9 Å². The summed E-state index contributed by atoms with van der Waals surface area (Å²) < 4.78 is 1.92. The van der Waals surface area contributed by atoms with Crippen LogP contribution in [-0.2, 0) is 0 Å². The Morgan fingerprint density at radius 1 is 1.07 bits per heavy atom. The first-order chi connectivity index (χ1) is 13.8. The number of hydrogen-bond acceptors (Lipinski definition) is 4. The maximum atomic E-state index is 9.40. The van der Waals surface area contributed by atoms with Crippen molar-refractivity contribution in [3.05, 3.63) is 48.2 Å². The summed E-state index contributed by atoms with van der Waals surface area (Å²) in [4.78, 5) is 4.51. The molecule has 2 fully saturated rings. The third-order valence-corrected chi connectivity index (χ3v) is 6.52. The molecule has 0 bridgehead atoms. The summed E-state index contributed by atoms with van der Waals surface area (Å²) in [5.74, 6) is 2.10. The number of nitrogens with one attached hydrogen (secondary N) is 1. The van der Waals surface area contributed by atoms with Gasteiger partial charge >= 0.3 is 0 Å². The van der Waals surface area contributed by atoms with Crippen LogP contribution >= 0.6 is 0 Å². The van der Waals surface area contributed by atoms with E-state index in [-0.39, 0.29) is 6.61 Å². The van der Waals surface area contributed by atoms with E-state index in [0.29, 0.717) is 17.9 Å². The highest BCUT2D eigenvalue weighted by atomic mass is 16.3. The van der Waals surface area contributed by atoms with E-state index in [2.05, 4.69) is 40.6 Å². The van der Waals surface area contributed by atoms with Crippen molar-refractivity contribution >= 4 is 11.5 Å². The monoisotopic (exact) mass is 376 g/mol. The molecule has 5 nitrogen and oxygen atoms in total. The maximum absolute atomic E-state index is 9.40. The molecule has 2 aliphatic carbocycles. The van der Waals surface area contributed by atoms with Gasteiger partial charge in [0.1, 0.15) is 5.82 Å². The van der Waals surface area contributed by atoms with Gasteiger partial charge in [-0.15, -0.1) is 0 Å². The molecule has 2 aromatic heterocycles. The Bertz CT molecular complexity index is 960. The second kappa shape index (κ2) is 7.55. The van der Waals surface area contributed by atoms with E-state index in [1.807, 2.05) is 16.8 Å². The van der Waals surface area contributed by atoms with Gasteiger partial charge in [-0.1, -0.05) is 31.0 Å². The van der Waals surface area contributed by atoms with E-state index in [1.165, 1.54) is 36.8 Å². The molecule has 2 saturated carbocycles. The van der Waals surface area contributed by atoms with Gasteiger partial charge in [-0.05, 0) is 61.6 Å². The normalized spacial score (nSPS) is 22.9. The van der Waals surface area contributed by atoms with Crippen molar-refractivity contribution in [1.82, 2.24) is 14.6 Å². The Hall–Kier alpha value is -2.40. The fourth-order valence-electron chi connectivity index (χ4n) is 4.94. The fourth-order valence-corrected chi connectivity index (χ4v) is 4.94. The molecule has 146 valence electrons. The minimum atomic E-state index is 0.285. The minimum absolute atomic E-state index is 0.285. The zero-order valence-corrected chi connectivity index (χ0v) is 16.2. The minimum Gasteiger partial charge on any atom is -0.396 e. The number of anilines is 1. The zero-order valence-electron chi connectivity index (χ0n) is 16.2.